The Kier molecular flexibility index (Phi) is 2.13. The van der Waals surface area contributed by atoms with Gasteiger partial charge in [0, 0.05) is 11.8 Å². The molecule has 0 radical (unpaired) electrons. The molecular formula is C8H7N5O2. The second kappa shape index (κ2) is 3.45. The van der Waals surface area contributed by atoms with Crippen molar-refractivity contribution in [3.8, 4) is 5.82 Å². The molecule has 0 amide bonds. The van der Waals surface area contributed by atoms with Crippen LogP contribution in [-0.2, 0) is 0 Å². The van der Waals surface area contributed by atoms with E-state index in [0.29, 0.717) is 11.4 Å². The zero-order valence-corrected chi connectivity index (χ0v) is 7.86. The summed E-state index contributed by atoms with van der Waals surface area (Å²) < 4.78 is 1.37. The highest BCUT2D eigenvalue weighted by atomic mass is 16.6. The van der Waals surface area contributed by atoms with Gasteiger partial charge in [-0.05, 0) is 6.92 Å². The van der Waals surface area contributed by atoms with Gasteiger partial charge in [0.05, 0.1) is 11.0 Å². The van der Waals surface area contributed by atoms with Gasteiger partial charge in [0.15, 0.2) is 5.82 Å². The van der Waals surface area contributed by atoms with Crippen LogP contribution in [-0.4, -0.2) is 24.7 Å². The van der Waals surface area contributed by atoms with Gasteiger partial charge in [-0.2, -0.15) is 5.10 Å². The Morgan fingerprint density at radius 2 is 2.33 bits per heavy atom. The number of hydrogen-bond donors (Lipinski definition) is 0. The van der Waals surface area contributed by atoms with Crippen LogP contribution in [0.5, 0.6) is 0 Å². The molecule has 7 nitrogen and oxygen atoms in total. The van der Waals surface area contributed by atoms with Crippen LogP contribution in [0.1, 0.15) is 5.56 Å². The summed E-state index contributed by atoms with van der Waals surface area (Å²) in [5.74, 6) is 0.379. The first-order valence-corrected chi connectivity index (χ1v) is 4.14. The minimum atomic E-state index is -0.447. The van der Waals surface area contributed by atoms with Gasteiger partial charge in [0.1, 0.15) is 12.7 Å². The molecule has 0 unspecified atom stereocenters. The van der Waals surface area contributed by atoms with Gasteiger partial charge in [0.2, 0.25) is 0 Å². The molecule has 0 aliphatic rings. The monoisotopic (exact) mass is 205 g/mol. The highest BCUT2D eigenvalue weighted by Gasteiger charge is 2.12. The van der Waals surface area contributed by atoms with Crippen molar-refractivity contribution in [2.24, 2.45) is 0 Å². The van der Waals surface area contributed by atoms with Gasteiger partial charge in [-0.25, -0.2) is 14.6 Å². The molecule has 2 aromatic heterocycles. The van der Waals surface area contributed by atoms with E-state index in [4.69, 9.17) is 0 Å². The van der Waals surface area contributed by atoms with Gasteiger partial charge in [-0.1, -0.05) is 0 Å². The third-order valence-corrected chi connectivity index (χ3v) is 1.91. The van der Waals surface area contributed by atoms with Crippen molar-refractivity contribution in [3.63, 3.8) is 0 Å². The zero-order valence-electron chi connectivity index (χ0n) is 7.86. The fourth-order valence-corrected chi connectivity index (χ4v) is 1.15. The molecule has 0 fully saturated rings. The van der Waals surface area contributed by atoms with E-state index in [9.17, 15) is 10.1 Å². The number of nitrogens with zero attached hydrogens (tertiary/aromatic N) is 5. The third-order valence-electron chi connectivity index (χ3n) is 1.91. The summed E-state index contributed by atoms with van der Waals surface area (Å²) >= 11 is 0. The normalized spacial score (nSPS) is 10.2. The van der Waals surface area contributed by atoms with Crippen LogP contribution < -0.4 is 0 Å². The number of aryl methyl sites for hydroxylation is 1. The van der Waals surface area contributed by atoms with E-state index in [1.807, 2.05) is 0 Å². The van der Waals surface area contributed by atoms with Crippen LogP contribution in [0.2, 0.25) is 0 Å². The fourth-order valence-electron chi connectivity index (χ4n) is 1.15. The van der Waals surface area contributed by atoms with Gasteiger partial charge in [-0.3, -0.25) is 10.1 Å². The van der Waals surface area contributed by atoms with Gasteiger partial charge >= 0.3 is 0 Å². The Balaban J connectivity index is 2.52. The van der Waals surface area contributed by atoms with E-state index in [2.05, 4.69) is 15.1 Å². The number of rotatable bonds is 2. The first kappa shape index (κ1) is 9.25. The van der Waals surface area contributed by atoms with Crippen LogP contribution >= 0.6 is 0 Å². The average molecular weight is 205 g/mol. The Labute approximate surface area is 84.6 Å². The van der Waals surface area contributed by atoms with Crippen LogP contribution in [0.3, 0.4) is 0 Å². The lowest BCUT2D eigenvalue weighted by atomic mass is 10.2. The molecule has 2 rings (SSSR count). The van der Waals surface area contributed by atoms with E-state index in [0.717, 1.165) is 0 Å². The number of aromatic nitrogens is 4. The quantitative estimate of drug-likeness (QED) is 0.536. The van der Waals surface area contributed by atoms with E-state index in [1.54, 1.807) is 6.92 Å². The van der Waals surface area contributed by atoms with Crippen LogP contribution in [0.15, 0.2) is 24.9 Å². The van der Waals surface area contributed by atoms with E-state index in [-0.39, 0.29) is 5.69 Å². The molecule has 0 aliphatic carbocycles. The molecule has 0 saturated carbocycles. The minimum Gasteiger partial charge on any atom is -0.258 e. The largest absolute Gasteiger partial charge is 0.277 e. The summed E-state index contributed by atoms with van der Waals surface area (Å²) in [6.07, 6.45) is 4.21. The minimum absolute atomic E-state index is 0.0236. The Morgan fingerprint density at radius 1 is 1.53 bits per heavy atom. The molecular weight excluding hydrogens is 198 g/mol. The molecule has 7 heteroatoms. The molecule has 0 atom stereocenters. The van der Waals surface area contributed by atoms with Gasteiger partial charge in [0.25, 0.3) is 5.69 Å². The van der Waals surface area contributed by atoms with Crippen molar-refractivity contribution < 1.29 is 4.92 Å². The lowest BCUT2D eigenvalue weighted by molar-refractivity contribution is -0.385. The maximum Gasteiger partial charge on any atom is 0.277 e. The summed E-state index contributed by atoms with van der Waals surface area (Å²) in [5.41, 5.74) is 0.541. The molecule has 0 bridgehead atoms. The smallest absolute Gasteiger partial charge is 0.258 e. The topological polar surface area (TPSA) is 86.7 Å². The predicted molar refractivity (Wildman–Crippen MR) is 50.5 cm³/mol. The molecule has 76 valence electrons. The Hall–Kier alpha value is -2.31. The molecule has 0 aromatic carbocycles. The first-order chi connectivity index (χ1) is 7.18. The van der Waals surface area contributed by atoms with E-state index >= 15 is 0 Å². The average Bonchev–Trinajstić information content (AvgIpc) is 2.71. The van der Waals surface area contributed by atoms with Crippen molar-refractivity contribution in [2.45, 2.75) is 6.92 Å². The number of nitro groups is 1. The molecule has 0 saturated heterocycles. The zero-order chi connectivity index (χ0) is 10.8. The third kappa shape index (κ3) is 1.66. The molecule has 15 heavy (non-hydrogen) atoms. The second-order valence-corrected chi connectivity index (χ2v) is 2.93. The number of pyridine rings is 1. The predicted octanol–water partition coefficient (Wildman–Crippen LogP) is 0.879. The van der Waals surface area contributed by atoms with Crippen molar-refractivity contribution in [1.29, 1.82) is 0 Å². The first-order valence-electron chi connectivity index (χ1n) is 4.14. The van der Waals surface area contributed by atoms with Crippen LogP contribution in [0.4, 0.5) is 5.69 Å². The molecule has 0 spiro atoms. The van der Waals surface area contributed by atoms with Crippen molar-refractivity contribution >= 4 is 5.69 Å². The lowest BCUT2D eigenvalue weighted by Crippen LogP contribution is -2.01. The Bertz CT molecular complexity index is 494. The summed E-state index contributed by atoms with van der Waals surface area (Å²) in [7, 11) is 0. The standard InChI is InChI=1S/C8H7N5O2/c1-6-3-10-8(2-7(6)13(14)15)12-5-9-4-11-12/h2-5H,1H3. The van der Waals surface area contributed by atoms with Gasteiger partial charge < -0.3 is 0 Å². The molecule has 0 aliphatic heterocycles. The van der Waals surface area contributed by atoms with E-state index in [1.165, 1.54) is 29.6 Å². The summed E-state index contributed by atoms with van der Waals surface area (Å²) in [5, 5.41) is 14.5. The van der Waals surface area contributed by atoms with Crippen LogP contribution in [0.25, 0.3) is 5.82 Å². The van der Waals surface area contributed by atoms with Crippen LogP contribution in [0, 0.1) is 17.0 Å². The molecule has 0 N–H and O–H groups in total. The van der Waals surface area contributed by atoms with Gasteiger partial charge in [-0.15, -0.1) is 0 Å². The Morgan fingerprint density at radius 3 is 2.93 bits per heavy atom. The maximum absolute atomic E-state index is 10.7. The highest BCUT2D eigenvalue weighted by Crippen LogP contribution is 2.18. The van der Waals surface area contributed by atoms with Crippen molar-refractivity contribution in [1.82, 2.24) is 19.7 Å². The van der Waals surface area contributed by atoms with Crippen molar-refractivity contribution in [2.75, 3.05) is 0 Å². The second-order valence-electron chi connectivity index (χ2n) is 2.93. The summed E-state index contributed by atoms with van der Waals surface area (Å²) in [6.45, 7) is 1.64. The number of hydrogen-bond acceptors (Lipinski definition) is 5. The molecule has 2 aromatic rings. The summed E-state index contributed by atoms with van der Waals surface area (Å²) in [6, 6.07) is 1.37. The lowest BCUT2D eigenvalue weighted by Gasteiger charge is -2.00. The summed E-state index contributed by atoms with van der Waals surface area (Å²) in [4.78, 5) is 18.0. The highest BCUT2D eigenvalue weighted by molar-refractivity contribution is 5.43. The molecule has 2 heterocycles. The van der Waals surface area contributed by atoms with E-state index < -0.39 is 4.92 Å². The van der Waals surface area contributed by atoms with Crippen molar-refractivity contribution in [3.05, 3.63) is 40.6 Å². The fraction of sp³-hybridized carbons (Fsp3) is 0.125. The SMILES string of the molecule is Cc1cnc(-n2cncn2)cc1[N+](=O)[O-]. The maximum atomic E-state index is 10.7.